The van der Waals surface area contributed by atoms with Gasteiger partial charge in [0.15, 0.2) is 0 Å². The summed E-state index contributed by atoms with van der Waals surface area (Å²) in [6, 6.07) is 10.5. The molecule has 2 N–H and O–H groups in total. The lowest BCUT2D eigenvalue weighted by atomic mass is 10.1. The number of hydrogen-bond donors (Lipinski definition) is 1. The van der Waals surface area contributed by atoms with Gasteiger partial charge < -0.3 is 5.73 Å². The van der Waals surface area contributed by atoms with Crippen LogP contribution in [0.4, 0.5) is 4.39 Å². The van der Waals surface area contributed by atoms with Crippen molar-refractivity contribution in [3.05, 3.63) is 64.5 Å². The van der Waals surface area contributed by atoms with E-state index in [0.717, 1.165) is 16.0 Å². The third kappa shape index (κ3) is 3.32. The predicted molar refractivity (Wildman–Crippen MR) is 80.3 cm³/mol. The molecule has 0 bridgehead atoms. The Labute approximate surface area is 121 Å². The van der Waals surface area contributed by atoms with Gasteiger partial charge in [-0.3, -0.25) is 4.21 Å². The first kappa shape index (κ1) is 14.9. The smallest absolute Gasteiger partial charge is 0.127 e. The van der Waals surface area contributed by atoms with E-state index in [1.165, 1.54) is 11.6 Å². The highest BCUT2D eigenvalue weighted by Crippen LogP contribution is 2.18. The fourth-order valence-electron chi connectivity index (χ4n) is 1.96. The first-order valence-electron chi connectivity index (χ1n) is 6.44. The summed E-state index contributed by atoms with van der Waals surface area (Å²) in [4.78, 5) is 0.798. The minimum absolute atomic E-state index is 0.149. The molecule has 1 unspecified atom stereocenters. The number of aryl methyl sites for hydroxylation is 2. The minimum Gasteiger partial charge on any atom is -0.326 e. The van der Waals surface area contributed by atoms with Crippen molar-refractivity contribution in [2.45, 2.75) is 31.0 Å². The van der Waals surface area contributed by atoms with E-state index in [2.05, 4.69) is 0 Å². The van der Waals surface area contributed by atoms with E-state index in [1.54, 1.807) is 12.1 Å². The number of nitrogens with two attached hydrogens (primary N) is 1. The summed E-state index contributed by atoms with van der Waals surface area (Å²) in [5, 5.41) is 0. The lowest BCUT2D eigenvalue weighted by Gasteiger charge is -2.07. The van der Waals surface area contributed by atoms with Crippen LogP contribution < -0.4 is 5.73 Å². The number of rotatable bonds is 4. The molecule has 0 amide bonds. The zero-order chi connectivity index (χ0) is 14.7. The van der Waals surface area contributed by atoms with Crippen LogP contribution in [-0.4, -0.2) is 4.21 Å². The SMILES string of the molecule is Cc1ccc(S(=O)Cc2ccc(F)c(CN)c2)cc1C. The van der Waals surface area contributed by atoms with E-state index in [4.69, 9.17) is 5.73 Å². The van der Waals surface area contributed by atoms with Crippen LogP contribution in [0.1, 0.15) is 22.3 Å². The molecule has 0 aliphatic rings. The van der Waals surface area contributed by atoms with E-state index in [-0.39, 0.29) is 12.4 Å². The van der Waals surface area contributed by atoms with E-state index in [9.17, 15) is 8.60 Å². The Hall–Kier alpha value is -1.52. The molecular formula is C16H18FNOS. The van der Waals surface area contributed by atoms with Crippen molar-refractivity contribution in [2.24, 2.45) is 5.73 Å². The van der Waals surface area contributed by atoms with Gasteiger partial charge in [0.05, 0.1) is 16.6 Å². The number of halogens is 1. The van der Waals surface area contributed by atoms with Crippen LogP contribution >= 0.6 is 0 Å². The molecule has 2 nitrogen and oxygen atoms in total. The Balaban J connectivity index is 2.21. The molecule has 106 valence electrons. The Morgan fingerprint density at radius 3 is 2.50 bits per heavy atom. The zero-order valence-corrected chi connectivity index (χ0v) is 12.5. The Morgan fingerprint density at radius 2 is 1.85 bits per heavy atom. The van der Waals surface area contributed by atoms with Crippen molar-refractivity contribution in [2.75, 3.05) is 0 Å². The molecule has 1 atom stereocenters. The fourth-order valence-corrected chi connectivity index (χ4v) is 3.14. The number of benzene rings is 2. The molecule has 4 heteroatoms. The summed E-state index contributed by atoms with van der Waals surface area (Å²) in [6.45, 7) is 4.17. The lowest BCUT2D eigenvalue weighted by molar-refractivity contribution is 0.610. The predicted octanol–water partition coefficient (Wildman–Crippen LogP) is 3.21. The fraction of sp³-hybridized carbons (Fsp3) is 0.250. The van der Waals surface area contributed by atoms with Crippen molar-refractivity contribution in [3.8, 4) is 0 Å². The zero-order valence-electron chi connectivity index (χ0n) is 11.7. The van der Waals surface area contributed by atoms with Crippen LogP contribution in [-0.2, 0) is 23.1 Å². The first-order valence-corrected chi connectivity index (χ1v) is 7.76. The van der Waals surface area contributed by atoms with Gasteiger partial charge in [0, 0.05) is 17.0 Å². The van der Waals surface area contributed by atoms with Crippen molar-refractivity contribution in [1.82, 2.24) is 0 Å². The summed E-state index contributed by atoms with van der Waals surface area (Å²) in [7, 11) is -1.13. The molecule has 0 saturated heterocycles. The van der Waals surface area contributed by atoms with Crippen molar-refractivity contribution in [1.29, 1.82) is 0 Å². The Kier molecular flexibility index (Phi) is 4.68. The molecule has 0 heterocycles. The maximum Gasteiger partial charge on any atom is 0.127 e. The number of hydrogen-bond acceptors (Lipinski definition) is 2. The Bertz CT molecular complexity index is 655. The normalized spacial score (nSPS) is 12.4. The molecule has 0 aliphatic heterocycles. The standard InChI is InChI=1S/C16H18FNOS/c1-11-3-5-15(7-12(11)2)20(19)10-13-4-6-16(17)14(8-13)9-18/h3-8H,9-10,18H2,1-2H3. The molecule has 2 aromatic carbocycles. The van der Waals surface area contributed by atoms with Crippen LogP contribution in [0.5, 0.6) is 0 Å². The van der Waals surface area contributed by atoms with Crippen LogP contribution in [0, 0.1) is 19.7 Å². The monoisotopic (exact) mass is 291 g/mol. The highest BCUT2D eigenvalue weighted by molar-refractivity contribution is 7.84. The summed E-state index contributed by atoms with van der Waals surface area (Å²) in [5.74, 6) is 0.0590. The van der Waals surface area contributed by atoms with Gasteiger partial charge in [-0.05, 0) is 48.7 Å². The average Bonchev–Trinajstić information content (AvgIpc) is 2.43. The molecule has 0 spiro atoms. The van der Waals surface area contributed by atoms with Crippen LogP contribution in [0.25, 0.3) is 0 Å². The summed E-state index contributed by atoms with van der Waals surface area (Å²) >= 11 is 0. The van der Waals surface area contributed by atoms with Gasteiger partial charge in [-0.2, -0.15) is 0 Å². The second-order valence-corrected chi connectivity index (χ2v) is 6.32. The van der Waals surface area contributed by atoms with Gasteiger partial charge in [0.25, 0.3) is 0 Å². The van der Waals surface area contributed by atoms with E-state index >= 15 is 0 Å². The van der Waals surface area contributed by atoms with Gasteiger partial charge in [0.1, 0.15) is 5.82 Å². The first-order chi connectivity index (χ1) is 9.51. The Morgan fingerprint density at radius 1 is 1.10 bits per heavy atom. The van der Waals surface area contributed by atoms with Crippen molar-refractivity contribution >= 4 is 10.8 Å². The molecule has 2 rings (SSSR count). The van der Waals surface area contributed by atoms with Gasteiger partial charge >= 0.3 is 0 Å². The average molecular weight is 291 g/mol. The quantitative estimate of drug-likeness (QED) is 0.940. The molecule has 0 aliphatic carbocycles. The molecule has 0 fully saturated rings. The lowest BCUT2D eigenvalue weighted by Crippen LogP contribution is -2.03. The molecular weight excluding hydrogens is 273 g/mol. The van der Waals surface area contributed by atoms with Gasteiger partial charge in [0.2, 0.25) is 0 Å². The summed E-state index contributed by atoms with van der Waals surface area (Å²) < 4.78 is 25.7. The second kappa shape index (κ2) is 6.29. The van der Waals surface area contributed by atoms with Crippen LogP contribution in [0.3, 0.4) is 0 Å². The van der Waals surface area contributed by atoms with Crippen molar-refractivity contribution in [3.63, 3.8) is 0 Å². The summed E-state index contributed by atoms with van der Waals surface area (Å²) in [5.41, 5.74) is 9.08. The topological polar surface area (TPSA) is 43.1 Å². The van der Waals surface area contributed by atoms with Crippen LogP contribution in [0.15, 0.2) is 41.3 Å². The van der Waals surface area contributed by atoms with Gasteiger partial charge in [-0.25, -0.2) is 4.39 Å². The second-order valence-electron chi connectivity index (χ2n) is 4.87. The highest BCUT2D eigenvalue weighted by Gasteiger charge is 2.08. The maximum atomic E-state index is 13.4. The van der Waals surface area contributed by atoms with E-state index < -0.39 is 10.8 Å². The molecule has 0 aromatic heterocycles. The van der Waals surface area contributed by atoms with Gasteiger partial charge in [-0.15, -0.1) is 0 Å². The third-order valence-corrected chi connectivity index (χ3v) is 4.74. The summed E-state index contributed by atoms with van der Waals surface area (Å²) in [6.07, 6.45) is 0. The molecule has 20 heavy (non-hydrogen) atoms. The highest BCUT2D eigenvalue weighted by atomic mass is 32.2. The van der Waals surface area contributed by atoms with Gasteiger partial charge in [-0.1, -0.05) is 18.2 Å². The van der Waals surface area contributed by atoms with E-state index in [1.807, 2.05) is 32.0 Å². The van der Waals surface area contributed by atoms with Crippen molar-refractivity contribution < 1.29 is 8.60 Å². The van der Waals surface area contributed by atoms with Crippen LogP contribution in [0.2, 0.25) is 0 Å². The largest absolute Gasteiger partial charge is 0.326 e. The molecule has 0 radical (unpaired) electrons. The molecule has 0 saturated carbocycles. The maximum absolute atomic E-state index is 13.4. The minimum atomic E-state index is -1.13. The molecule has 2 aromatic rings. The van der Waals surface area contributed by atoms with E-state index in [0.29, 0.717) is 11.3 Å². The third-order valence-electron chi connectivity index (χ3n) is 3.37.